The van der Waals surface area contributed by atoms with Crippen molar-refractivity contribution in [2.45, 2.75) is 44.4 Å². The van der Waals surface area contributed by atoms with E-state index in [0.29, 0.717) is 18.6 Å². The molecule has 3 atom stereocenters. The minimum atomic E-state index is -0.0953. The normalized spacial score (nSPS) is 25.4. The molecule has 2 heterocycles. The lowest BCUT2D eigenvalue weighted by molar-refractivity contribution is 0.0549. The number of ether oxygens (including phenoxy) is 1. The highest BCUT2D eigenvalue weighted by atomic mass is 16.5. The molecule has 1 aliphatic heterocycles. The molecule has 0 radical (unpaired) electrons. The number of carbonyl (C=O) groups excluding carboxylic acids is 1. The summed E-state index contributed by atoms with van der Waals surface area (Å²) in [5, 5.41) is 10.4. The zero-order chi connectivity index (χ0) is 17.1. The van der Waals surface area contributed by atoms with Crippen LogP contribution < -0.4 is 10.6 Å². The predicted molar refractivity (Wildman–Crippen MR) is 94.4 cm³/mol. The predicted octanol–water partition coefficient (Wildman–Crippen LogP) is 2.63. The lowest BCUT2D eigenvalue weighted by Crippen LogP contribution is -2.49. The SMILES string of the molecule is O=C(NCc1cccc(-n2cccn2)c1)N[C@@H]1CCC[C@@H]2OCC[C@H]21. The molecular weight excluding hydrogens is 316 g/mol. The molecule has 1 aliphatic carbocycles. The molecule has 2 N–H and O–H groups in total. The van der Waals surface area contributed by atoms with Crippen molar-refractivity contribution < 1.29 is 9.53 Å². The third-order valence-corrected chi connectivity index (χ3v) is 5.23. The lowest BCUT2D eigenvalue weighted by Gasteiger charge is -2.33. The summed E-state index contributed by atoms with van der Waals surface area (Å²) in [6.07, 6.45) is 8.35. The van der Waals surface area contributed by atoms with E-state index in [1.807, 2.05) is 41.2 Å². The number of hydrogen-bond acceptors (Lipinski definition) is 3. The van der Waals surface area contributed by atoms with Crippen LogP contribution in [0.15, 0.2) is 42.7 Å². The summed E-state index contributed by atoms with van der Waals surface area (Å²) in [5.41, 5.74) is 2.04. The second-order valence-electron chi connectivity index (χ2n) is 6.85. The third-order valence-electron chi connectivity index (χ3n) is 5.23. The quantitative estimate of drug-likeness (QED) is 0.899. The molecule has 0 bridgehead atoms. The maximum Gasteiger partial charge on any atom is 0.315 e. The number of carbonyl (C=O) groups is 1. The number of benzene rings is 1. The van der Waals surface area contributed by atoms with E-state index < -0.39 is 0 Å². The van der Waals surface area contributed by atoms with Crippen molar-refractivity contribution in [3.8, 4) is 5.69 Å². The van der Waals surface area contributed by atoms with Crippen molar-refractivity contribution in [3.05, 3.63) is 48.3 Å². The van der Waals surface area contributed by atoms with Crippen LogP contribution in [0.2, 0.25) is 0 Å². The largest absolute Gasteiger partial charge is 0.378 e. The van der Waals surface area contributed by atoms with Gasteiger partial charge in [-0.15, -0.1) is 0 Å². The van der Waals surface area contributed by atoms with Gasteiger partial charge in [0, 0.05) is 37.5 Å². The van der Waals surface area contributed by atoms with Crippen LogP contribution in [0.1, 0.15) is 31.2 Å². The van der Waals surface area contributed by atoms with Crippen LogP contribution in [-0.2, 0) is 11.3 Å². The summed E-state index contributed by atoms with van der Waals surface area (Å²) in [4.78, 5) is 12.3. The molecule has 25 heavy (non-hydrogen) atoms. The first-order valence-corrected chi connectivity index (χ1v) is 9.04. The van der Waals surface area contributed by atoms with E-state index in [1.54, 1.807) is 6.20 Å². The van der Waals surface area contributed by atoms with Gasteiger partial charge in [0.15, 0.2) is 0 Å². The number of amides is 2. The molecule has 132 valence electrons. The van der Waals surface area contributed by atoms with Crippen molar-refractivity contribution >= 4 is 6.03 Å². The Morgan fingerprint density at radius 1 is 1.28 bits per heavy atom. The maximum absolute atomic E-state index is 12.3. The van der Waals surface area contributed by atoms with Gasteiger partial charge in [-0.3, -0.25) is 0 Å². The van der Waals surface area contributed by atoms with Gasteiger partial charge in [0.25, 0.3) is 0 Å². The van der Waals surface area contributed by atoms with E-state index in [-0.39, 0.29) is 12.1 Å². The average Bonchev–Trinajstić information content (AvgIpc) is 3.32. The summed E-state index contributed by atoms with van der Waals surface area (Å²) in [7, 11) is 0. The molecule has 1 saturated carbocycles. The molecule has 0 unspecified atom stereocenters. The van der Waals surface area contributed by atoms with Crippen LogP contribution in [0.25, 0.3) is 5.69 Å². The van der Waals surface area contributed by atoms with Gasteiger partial charge in [0.05, 0.1) is 11.8 Å². The molecule has 1 aromatic heterocycles. The van der Waals surface area contributed by atoms with Crippen LogP contribution in [0, 0.1) is 5.92 Å². The van der Waals surface area contributed by atoms with Crippen LogP contribution >= 0.6 is 0 Å². The smallest absolute Gasteiger partial charge is 0.315 e. The Hall–Kier alpha value is -2.34. The first-order chi connectivity index (χ1) is 12.3. The molecule has 4 rings (SSSR count). The first kappa shape index (κ1) is 16.1. The van der Waals surface area contributed by atoms with Crippen LogP contribution in [0.3, 0.4) is 0 Å². The van der Waals surface area contributed by atoms with E-state index in [2.05, 4.69) is 15.7 Å². The summed E-state index contributed by atoms with van der Waals surface area (Å²) in [6.45, 7) is 1.33. The Kier molecular flexibility index (Phi) is 4.70. The summed E-state index contributed by atoms with van der Waals surface area (Å²) in [6, 6.07) is 10.1. The molecule has 0 spiro atoms. The Morgan fingerprint density at radius 2 is 2.24 bits per heavy atom. The summed E-state index contributed by atoms with van der Waals surface area (Å²) < 4.78 is 7.58. The number of urea groups is 1. The van der Waals surface area contributed by atoms with E-state index >= 15 is 0 Å². The van der Waals surface area contributed by atoms with Crippen molar-refractivity contribution in [1.82, 2.24) is 20.4 Å². The van der Waals surface area contributed by atoms with Crippen molar-refractivity contribution in [1.29, 1.82) is 0 Å². The van der Waals surface area contributed by atoms with E-state index in [0.717, 1.165) is 43.5 Å². The second-order valence-corrected chi connectivity index (χ2v) is 6.85. The van der Waals surface area contributed by atoms with Crippen LogP contribution in [-0.4, -0.2) is 34.6 Å². The topological polar surface area (TPSA) is 68.2 Å². The highest BCUT2D eigenvalue weighted by Crippen LogP contribution is 2.34. The van der Waals surface area contributed by atoms with Crippen molar-refractivity contribution in [2.75, 3.05) is 6.61 Å². The number of fused-ring (bicyclic) bond motifs is 1. The summed E-state index contributed by atoms with van der Waals surface area (Å²) >= 11 is 0. The number of aromatic nitrogens is 2. The zero-order valence-corrected chi connectivity index (χ0v) is 14.2. The summed E-state index contributed by atoms with van der Waals surface area (Å²) in [5.74, 6) is 0.475. The molecule has 1 saturated heterocycles. The molecule has 2 fully saturated rings. The van der Waals surface area contributed by atoms with E-state index in [4.69, 9.17) is 4.74 Å². The minimum absolute atomic E-state index is 0.0953. The minimum Gasteiger partial charge on any atom is -0.378 e. The molecule has 2 aliphatic rings. The van der Waals surface area contributed by atoms with Gasteiger partial charge in [0.1, 0.15) is 0 Å². The van der Waals surface area contributed by atoms with E-state index in [1.165, 1.54) is 0 Å². The zero-order valence-electron chi connectivity index (χ0n) is 14.2. The van der Waals surface area contributed by atoms with Crippen LogP contribution in [0.5, 0.6) is 0 Å². The molecule has 2 aromatic rings. The van der Waals surface area contributed by atoms with Gasteiger partial charge >= 0.3 is 6.03 Å². The molecule has 6 heteroatoms. The monoisotopic (exact) mass is 340 g/mol. The van der Waals surface area contributed by atoms with Crippen LogP contribution in [0.4, 0.5) is 4.79 Å². The first-order valence-electron chi connectivity index (χ1n) is 9.04. The van der Waals surface area contributed by atoms with Gasteiger partial charge in [-0.2, -0.15) is 5.10 Å². The van der Waals surface area contributed by atoms with Crippen molar-refractivity contribution in [3.63, 3.8) is 0 Å². The Balaban J connectivity index is 1.32. The number of hydrogen-bond donors (Lipinski definition) is 2. The number of nitrogens with zero attached hydrogens (tertiary/aromatic N) is 2. The van der Waals surface area contributed by atoms with Gasteiger partial charge in [-0.05, 0) is 49.4 Å². The van der Waals surface area contributed by atoms with E-state index in [9.17, 15) is 4.79 Å². The standard InChI is InChI=1S/C19H24N4O2/c24-19(22-17-6-2-7-18-16(17)8-11-25-18)20-13-14-4-1-5-15(12-14)23-10-3-9-21-23/h1,3-5,9-10,12,16-18H,2,6-8,11,13H2,(H2,20,22,24)/t16-,17+,18-/m0/s1. The Labute approximate surface area is 147 Å². The average molecular weight is 340 g/mol. The molecule has 1 aromatic carbocycles. The fourth-order valence-corrected chi connectivity index (χ4v) is 3.99. The molecular formula is C19H24N4O2. The highest BCUT2D eigenvalue weighted by Gasteiger charge is 2.38. The molecule has 2 amide bonds. The van der Waals surface area contributed by atoms with Crippen molar-refractivity contribution in [2.24, 2.45) is 5.92 Å². The lowest BCUT2D eigenvalue weighted by atomic mass is 9.82. The molecule has 6 nitrogen and oxygen atoms in total. The van der Waals surface area contributed by atoms with Gasteiger partial charge in [0.2, 0.25) is 0 Å². The highest BCUT2D eigenvalue weighted by molar-refractivity contribution is 5.74. The second kappa shape index (κ2) is 7.27. The van der Waals surface area contributed by atoms with Gasteiger partial charge < -0.3 is 15.4 Å². The van der Waals surface area contributed by atoms with Gasteiger partial charge in [-0.25, -0.2) is 9.48 Å². The Bertz CT molecular complexity index is 716. The Morgan fingerprint density at radius 3 is 3.12 bits per heavy atom. The fourth-order valence-electron chi connectivity index (χ4n) is 3.99. The number of rotatable bonds is 4. The maximum atomic E-state index is 12.3. The van der Waals surface area contributed by atoms with Gasteiger partial charge in [-0.1, -0.05) is 12.1 Å². The number of nitrogens with one attached hydrogen (secondary N) is 2. The third kappa shape index (κ3) is 3.69. The fraction of sp³-hybridized carbons (Fsp3) is 0.474.